The Morgan fingerprint density at radius 1 is 1.29 bits per heavy atom. The minimum atomic E-state index is 0.644. The zero-order valence-electron chi connectivity index (χ0n) is 10.6. The number of aromatic nitrogens is 2. The van der Waals surface area contributed by atoms with E-state index >= 15 is 0 Å². The first-order valence-corrected chi connectivity index (χ1v) is 6.01. The Kier molecular flexibility index (Phi) is 3.76. The highest BCUT2D eigenvalue weighted by atomic mass is 15.1. The molecule has 0 bridgehead atoms. The summed E-state index contributed by atoms with van der Waals surface area (Å²) >= 11 is 0. The summed E-state index contributed by atoms with van der Waals surface area (Å²) in [7, 11) is 4.17. The van der Waals surface area contributed by atoms with Crippen molar-refractivity contribution in [3.05, 3.63) is 30.1 Å². The molecular formula is C13H20N4. The van der Waals surface area contributed by atoms with Gasteiger partial charge in [0.25, 0.3) is 0 Å². The van der Waals surface area contributed by atoms with Gasteiger partial charge in [0.2, 0.25) is 0 Å². The van der Waals surface area contributed by atoms with Gasteiger partial charge in [-0.15, -0.1) is 0 Å². The number of nitrogens with two attached hydrogens (primary N) is 1. The molecule has 0 spiro atoms. The van der Waals surface area contributed by atoms with Crippen LogP contribution in [0, 0.1) is 0 Å². The molecule has 92 valence electrons. The smallest absolute Gasteiger partial charge is 0.111 e. The van der Waals surface area contributed by atoms with Gasteiger partial charge < -0.3 is 15.2 Å². The fourth-order valence-electron chi connectivity index (χ4n) is 1.99. The first kappa shape index (κ1) is 12.1. The monoisotopic (exact) mass is 232 g/mol. The summed E-state index contributed by atoms with van der Waals surface area (Å²) in [5, 5.41) is 0. The molecule has 1 aromatic heterocycles. The number of likely N-dealkylation sites (N-methyl/N-ethyl adjacent to an activating group) is 1. The Morgan fingerprint density at radius 3 is 2.76 bits per heavy atom. The fraction of sp³-hybridized carbons (Fsp3) is 0.462. The maximum Gasteiger partial charge on any atom is 0.111 e. The second kappa shape index (κ2) is 5.29. The summed E-state index contributed by atoms with van der Waals surface area (Å²) in [6, 6.07) is 8.26. The Labute approximate surface area is 102 Å². The minimum Gasteiger partial charge on any atom is -0.330 e. The highest BCUT2D eigenvalue weighted by molar-refractivity contribution is 5.75. The van der Waals surface area contributed by atoms with Crippen LogP contribution in [0.25, 0.3) is 11.0 Å². The summed E-state index contributed by atoms with van der Waals surface area (Å²) in [4.78, 5) is 6.83. The highest BCUT2D eigenvalue weighted by Gasteiger charge is 2.09. The number of para-hydroxylation sites is 2. The van der Waals surface area contributed by atoms with Gasteiger partial charge in [-0.25, -0.2) is 4.98 Å². The molecule has 2 rings (SSSR count). The van der Waals surface area contributed by atoms with Crippen LogP contribution in [0.1, 0.15) is 5.82 Å². The maximum absolute atomic E-state index is 5.64. The normalized spacial score (nSPS) is 11.5. The summed E-state index contributed by atoms with van der Waals surface area (Å²) in [6.45, 7) is 2.62. The molecule has 0 amide bonds. The van der Waals surface area contributed by atoms with Crippen molar-refractivity contribution in [2.45, 2.75) is 13.0 Å². The van der Waals surface area contributed by atoms with Gasteiger partial charge in [-0.2, -0.15) is 0 Å². The van der Waals surface area contributed by atoms with Crippen LogP contribution in [-0.2, 0) is 13.0 Å². The molecule has 4 heteroatoms. The van der Waals surface area contributed by atoms with E-state index in [1.165, 1.54) is 5.52 Å². The summed E-state index contributed by atoms with van der Waals surface area (Å²) < 4.78 is 2.28. The lowest BCUT2D eigenvalue weighted by Gasteiger charge is -2.13. The van der Waals surface area contributed by atoms with Crippen LogP contribution in [0.2, 0.25) is 0 Å². The standard InChI is InChI=1S/C13H20N4/c1-16(2)9-10-17-12-6-4-3-5-11(12)15-13(17)7-8-14/h3-6H,7-10,14H2,1-2H3. The molecule has 0 saturated heterocycles. The van der Waals surface area contributed by atoms with Crippen LogP contribution in [-0.4, -0.2) is 41.6 Å². The number of nitrogens with zero attached hydrogens (tertiary/aromatic N) is 3. The van der Waals surface area contributed by atoms with Crippen molar-refractivity contribution in [1.29, 1.82) is 0 Å². The van der Waals surface area contributed by atoms with E-state index in [9.17, 15) is 0 Å². The zero-order chi connectivity index (χ0) is 12.3. The average Bonchev–Trinajstić information content (AvgIpc) is 2.64. The van der Waals surface area contributed by atoms with E-state index in [2.05, 4.69) is 46.7 Å². The number of hydrogen-bond donors (Lipinski definition) is 1. The number of rotatable bonds is 5. The zero-order valence-corrected chi connectivity index (χ0v) is 10.6. The third-order valence-corrected chi connectivity index (χ3v) is 2.87. The highest BCUT2D eigenvalue weighted by Crippen LogP contribution is 2.16. The topological polar surface area (TPSA) is 47.1 Å². The Hall–Kier alpha value is -1.39. The Balaban J connectivity index is 2.37. The van der Waals surface area contributed by atoms with Gasteiger partial charge in [0, 0.05) is 19.5 Å². The molecule has 0 fully saturated rings. The first-order valence-electron chi connectivity index (χ1n) is 6.01. The van der Waals surface area contributed by atoms with Crippen molar-refractivity contribution in [1.82, 2.24) is 14.5 Å². The van der Waals surface area contributed by atoms with Gasteiger partial charge in [-0.3, -0.25) is 0 Å². The lowest BCUT2D eigenvalue weighted by atomic mass is 10.3. The molecule has 0 radical (unpaired) electrons. The summed E-state index contributed by atoms with van der Waals surface area (Å²) in [6.07, 6.45) is 0.835. The van der Waals surface area contributed by atoms with E-state index in [4.69, 9.17) is 5.73 Å². The van der Waals surface area contributed by atoms with Gasteiger partial charge in [-0.05, 0) is 32.8 Å². The van der Waals surface area contributed by atoms with E-state index in [-0.39, 0.29) is 0 Å². The van der Waals surface area contributed by atoms with E-state index in [1.807, 2.05) is 6.07 Å². The first-order chi connectivity index (χ1) is 8.22. The van der Waals surface area contributed by atoms with E-state index in [0.717, 1.165) is 30.9 Å². The van der Waals surface area contributed by atoms with Crippen LogP contribution in [0.5, 0.6) is 0 Å². The second-order valence-corrected chi connectivity index (χ2v) is 4.51. The second-order valence-electron chi connectivity index (χ2n) is 4.51. The molecule has 0 unspecified atom stereocenters. The van der Waals surface area contributed by atoms with Gasteiger partial charge in [-0.1, -0.05) is 12.1 Å². The SMILES string of the molecule is CN(C)CCn1c(CCN)nc2ccccc21. The molecule has 0 aliphatic rings. The lowest BCUT2D eigenvalue weighted by Crippen LogP contribution is -2.20. The summed E-state index contributed by atoms with van der Waals surface area (Å²) in [5.41, 5.74) is 7.91. The predicted octanol–water partition coefficient (Wildman–Crippen LogP) is 1.10. The average molecular weight is 232 g/mol. The van der Waals surface area contributed by atoms with Crippen molar-refractivity contribution in [3.8, 4) is 0 Å². The van der Waals surface area contributed by atoms with Gasteiger partial charge >= 0.3 is 0 Å². The van der Waals surface area contributed by atoms with Gasteiger partial charge in [0.15, 0.2) is 0 Å². The molecule has 0 aliphatic carbocycles. The molecule has 0 aliphatic heterocycles. The lowest BCUT2D eigenvalue weighted by molar-refractivity contribution is 0.383. The number of benzene rings is 1. The third kappa shape index (κ3) is 2.65. The maximum atomic E-state index is 5.64. The Bertz CT molecular complexity index is 487. The largest absolute Gasteiger partial charge is 0.330 e. The van der Waals surface area contributed by atoms with Crippen LogP contribution in [0.4, 0.5) is 0 Å². The third-order valence-electron chi connectivity index (χ3n) is 2.87. The van der Waals surface area contributed by atoms with Crippen LogP contribution >= 0.6 is 0 Å². The molecular weight excluding hydrogens is 212 g/mol. The van der Waals surface area contributed by atoms with Gasteiger partial charge in [0.1, 0.15) is 5.82 Å². The minimum absolute atomic E-state index is 0.644. The van der Waals surface area contributed by atoms with E-state index < -0.39 is 0 Å². The molecule has 1 aromatic carbocycles. The van der Waals surface area contributed by atoms with Crippen molar-refractivity contribution in [3.63, 3.8) is 0 Å². The van der Waals surface area contributed by atoms with Crippen LogP contribution in [0.3, 0.4) is 0 Å². The van der Waals surface area contributed by atoms with Crippen molar-refractivity contribution in [2.75, 3.05) is 27.2 Å². The molecule has 2 aromatic rings. The molecule has 0 saturated carbocycles. The summed E-state index contributed by atoms with van der Waals surface area (Å²) in [5.74, 6) is 1.09. The Morgan fingerprint density at radius 2 is 2.06 bits per heavy atom. The number of hydrogen-bond acceptors (Lipinski definition) is 3. The predicted molar refractivity (Wildman–Crippen MR) is 71.0 cm³/mol. The molecule has 1 heterocycles. The fourth-order valence-corrected chi connectivity index (χ4v) is 1.99. The number of imidazole rings is 1. The van der Waals surface area contributed by atoms with E-state index in [0.29, 0.717) is 6.54 Å². The van der Waals surface area contributed by atoms with Crippen molar-refractivity contribution < 1.29 is 0 Å². The van der Waals surface area contributed by atoms with Gasteiger partial charge in [0.05, 0.1) is 11.0 Å². The molecule has 0 atom stereocenters. The molecule has 4 nitrogen and oxygen atoms in total. The molecule has 2 N–H and O–H groups in total. The van der Waals surface area contributed by atoms with Crippen LogP contribution < -0.4 is 5.73 Å². The van der Waals surface area contributed by atoms with Crippen molar-refractivity contribution in [2.24, 2.45) is 5.73 Å². The van der Waals surface area contributed by atoms with Crippen molar-refractivity contribution >= 4 is 11.0 Å². The number of fused-ring (bicyclic) bond motifs is 1. The van der Waals surface area contributed by atoms with Crippen LogP contribution in [0.15, 0.2) is 24.3 Å². The van der Waals surface area contributed by atoms with E-state index in [1.54, 1.807) is 0 Å². The quantitative estimate of drug-likeness (QED) is 0.839. The molecule has 17 heavy (non-hydrogen) atoms.